The quantitative estimate of drug-likeness (QED) is 0.566. The Morgan fingerprint density at radius 3 is 2.48 bits per heavy atom. The maximum Gasteiger partial charge on any atom is 0.273 e. The number of anilines is 1. The predicted octanol–water partition coefficient (Wildman–Crippen LogP) is 2.85. The standard InChI is InChI=1S/C18H18ClN3O3/c1-12(10-17(24)22(2)14-6-4-3-5-7-14)20-21-18(25)15-11-13(19)8-9-16(15)23/h3-11,20,23H,1-2H3,(H,21,25). The molecule has 0 spiro atoms. The first-order valence-corrected chi connectivity index (χ1v) is 7.82. The van der Waals surface area contributed by atoms with E-state index in [9.17, 15) is 14.7 Å². The molecule has 0 aliphatic carbocycles. The fourth-order valence-corrected chi connectivity index (χ4v) is 2.18. The number of amides is 2. The van der Waals surface area contributed by atoms with Gasteiger partial charge in [-0.2, -0.15) is 0 Å². The first kappa shape index (κ1) is 18.4. The molecule has 6 nitrogen and oxygen atoms in total. The van der Waals surface area contributed by atoms with Crippen LogP contribution in [-0.2, 0) is 4.79 Å². The second-order valence-corrected chi connectivity index (χ2v) is 5.74. The first-order chi connectivity index (χ1) is 11.9. The van der Waals surface area contributed by atoms with Crippen LogP contribution in [0, 0.1) is 0 Å². The molecule has 7 heteroatoms. The van der Waals surface area contributed by atoms with Gasteiger partial charge < -0.3 is 15.4 Å². The summed E-state index contributed by atoms with van der Waals surface area (Å²) in [4.78, 5) is 25.7. The highest BCUT2D eigenvalue weighted by Gasteiger charge is 2.12. The SMILES string of the molecule is CC(=CC(=O)N(C)c1ccccc1)NNC(=O)c1cc(Cl)ccc1O. The molecule has 0 saturated heterocycles. The van der Waals surface area contributed by atoms with Gasteiger partial charge >= 0.3 is 0 Å². The molecule has 2 amide bonds. The molecule has 0 saturated carbocycles. The van der Waals surface area contributed by atoms with Gasteiger partial charge in [-0.25, -0.2) is 0 Å². The smallest absolute Gasteiger partial charge is 0.273 e. The van der Waals surface area contributed by atoms with E-state index in [0.29, 0.717) is 10.7 Å². The molecule has 2 aromatic carbocycles. The summed E-state index contributed by atoms with van der Waals surface area (Å²) in [7, 11) is 1.66. The van der Waals surface area contributed by atoms with Crippen LogP contribution in [0.5, 0.6) is 5.75 Å². The minimum atomic E-state index is -0.573. The van der Waals surface area contributed by atoms with Gasteiger partial charge in [0.25, 0.3) is 11.8 Å². The number of benzene rings is 2. The molecular formula is C18H18ClN3O3. The molecule has 2 rings (SSSR count). The van der Waals surface area contributed by atoms with E-state index in [-0.39, 0.29) is 17.2 Å². The number of phenols is 1. The fourth-order valence-electron chi connectivity index (χ4n) is 2.01. The number of para-hydroxylation sites is 1. The second-order valence-electron chi connectivity index (χ2n) is 5.30. The third-order valence-electron chi connectivity index (χ3n) is 3.39. The number of hydrogen-bond acceptors (Lipinski definition) is 4. The topological polar surface area (TPSA) is 81.7 Å². The van der Waals surface area contributed by atoms with Crippen molar-refractivity contribution in [3.63, 3.8) is 0 Å². The largest absolute Gasteiger partial charge is 0.507 e. The molecule has 3 N–H and O–H groups in total. The Morgan fingerprint density at radius 2 is 1.80 bits per heavy atom. The van der Waals surface area contributed by atoms with Crippen molar-refractivity contribution in [2.45, 2.75) is 6.92 Å². The number of rotatable bonds is 5. The van der Waals surface area contributed by atoms with Gasteiger partial charge in [-0.05, 0) is 37.3 Å². The van der Waals surface area contributed by atoms with Gasteiger partial charge in [0, 0.05) is 29.5 Å². The molecule has 0 aliphatic rings. The number of likely N-dealkylation sites (N-methyl/N-ethyl adjacent to an activating group) is 1. The first-order valence-electron chi connectivity index (χ1n) is 7.44. The van der Waals surface area contributed by atoms with Crippen LogP contribution < -0.4 is 15.8 Å². The predicted molar refractivity (Wildman–Crippen MR) is 97.3 cm³/mol. The average Bonchev–Trinajstić information content (AvgIpc) is 2.61. The van der Waals surface area contributed by atoms with Crippen molar-refractivity contribution >= 4 is 29.1 Å². The molecule has 0 aromatic heterocycles. The van der Waals surface area contributed by atoms with Crippen LogP contribution in [0.4, 0.5) is 5.69 Å². The van der Waals surface area contributed by atoms with E-state index in [0.717, 1.165) is 5.69 Å². The van der Waals surface area contributed by atoms with Crippen LogP contribution >= 0.6 is 11.6 Å². The van der Waals surface area contributed by atoms with Gasteiger partial charge in [0.15, 0.2) is 0 Å². The number of carbonyl (C=O) groups excluding carboxylic acids is 2. The number of hydrogen-bond donors (Lipinski definition) is 3. The highest BCUT2D eigenvalue weighted by Crippen LogP contribution is 2.21. The lowest BCUT2D eigenvalue weighted by atomic mass is 10.2. The lowest BCUT2D eigenvalue weighted by Crippen LogP contribution is -2.37. The maximum atomic E-state index is 12.2. The Morgan fingerprint density at radius 1 is 1.12 bits per heavy atom. The molecule has 0 radical (unpaired) electrons. The molecule has 0 atom stereocenters. The summed E-state index contributed by atoms with van der Waals surface area (Å²) in [5.74, 6) is -1.02. The summed E-state index contributed by atoms with van der Waals surface area (Å²) >= 11 is 5.81. The molecule has 0 unspecified atom stereocenters. The summed E-state index contributed by atoms with van der Waals surface area (Å²) in [5.41, 5.74) is 6.24. The minimum Gasteiger partial charge on any atom is -0.507 e. The minimum absolute atomic E-state index is 0.0283. The Balaban J connectivity index is 1.98. The number of hydrazine groups is 1. The number of nitrogens with one attached hydrogen (secondary N) is 2. The van der Waals surface area contributed by atoms with Crippen LogP contribution in [0.25, 0.3) is 0 Å². The number of halogens is 1. The van der Waals surface area contributed by atoms with Crippen LogP contribution in [0.3, 0.4) is 0 Å². The van der Waals surface area contributed by atoms with Crippen LogP contribution in [0.1, 0.15) is 17.3 Å². The summed E-state index contributed by atoms with van der Waals surface area (Å²) < 4.78 is 0. The van der Waals surface area contributed by atoms with Gasteiger partial charge in [0.2, 0.25) is 0 Å². The third kappa shape index (κ3) is 4.99. The normalized spacial score (nSPS) is 10.9. The number of phenolic OH excluding ortho intramolecular Hbond substituents is 1. The number of aromatic hydroxyl groups is 1. The Labute approximate surface area is 150 Å². The lowest BCUT2D eigenvalue weighted by Gasteiger charge is -2.16. The molecule has 0 heterocycles. The van der Waals surface area contributed by atoms with E-state index in [2.05, 4.69) is 10.9 Å². The van der Waals surface area contributed by atoms with E-state index in [1.165, 1.54) is 29.2 Å². The third-order valence-corrected chi connectivity index (χ3v) is 3.63. The van der Waals surface area contributed by atoms with Crippen molar-refractivity contribution < 1.29 is 14.7 Å². The van der Waals surface area contributed by atoms with Crippen LogP contribution in [0.2, 0.25) is 5.02 Å². The Bertz CT molecular complexity index is 806. The molecule has 2 aromatic rings. The second kappa shape index (κ2) is 8.21. The van der Waals surface area contributed by atoms with Gasteiger partial charge in [0.1, 0.15) is 5.75 Å². The van der Waals surface area contributed by atoms with Crippen molar-refractivity contribution in [2.24, 2.45) is 0 Å². The van der Waals surface area contributed by atoms with E-state index >= 15 is 0 Å². The fraction of sp³-hybridized carbons (Fsp3) is 0.111. The summed E-state index contributed by atoms with van der Waals surface area (Å²) in [6, 6.07) is 13.3. The van der Waals surface area contributed by atoms with E-state index in [1.54, 1.807) is 14.0 Å². The van der Waals surface area contributed by atoms with E-state index in [1.807, 2.05) is 30.3 Å². The van der Waals surface area contributed by atoms with Crippen molar-refractivity contribution in [3.05, 3.63) is 70.9 Å². The summed E-state index contributed by atoms with van der Waals surface area (Å²) in [6.45, 7) is 1.63. The Kier molecular flexibility index (Phi) is 6.03. The highest BCUT2D eigenvalue weighted by molar-refractivity contribution is 6.31. The van der Waals surface area contributed by atoms with Crippen molar-refractivity contribution in [3.8, 4) is 5.75 Å². The average molecular weight is 360 g/mol. The summed E-state index contributed by atoms with van der Waals surface area (Å²) in [6.07, 6.45) is 1.35. The van der Waals surface area contributed by atoms with Gasteiger partial charge in [0.05, 0.1) is 5.56 Å². The zero-order chi connectivity index (χ0) is 18.4. The zero-order valence-electron chi connectivity index (χ0n) is 13.8. The van der Waals surface area contributed by atoms with E-state index < -0.39 is 5.91 Å². The van der Waals surface area contributed by atoms with Gasteiger partial charge in [-0.1, -0.05) is 29.8 Å². The van der Waals surface area contributed by atoms with E-state index in [4.69, 9.17) is 11.6 Å². The van der Waals surface area contributed by atoms with Crippen molar-refractivity contribution in [2.75, 3.05) is 11.9 Å². The molecule has 25 heavy (non-hydrogen) atoms. The number of carbonyl (C=O) groups is 2. The molecule has 130 valence electrons. The molecule has 0 bridgehead atoms. The Hall–Kier alpha value is -2.99. The van der Waals surface area contributed by atoms with Crippen molar-refractivity contribution in [1.29, 1.82) is 0 Å². The highest BCUT2D eigenvalue weighted by atomic mass is 35.5. The van der Waals surface area contributed by atoms with Crippen molar-refractivity contribution in [1.82, 2.24) is 10.9 Å². The lowest BCUT2D eigenvalue weighted by molar-refractivity contribution is -0.114. The summed E-state index contributed by atoms with van der Waals surface area (Å²) in [5, 5.41) is 10.0. The molecular weight excluding hydrogens is 342 g/mol. The maximum absolute atomic E-state index is 12.2. The number of allylic oxidation sites excluding steroid dienone is 1. The van der Waals surface area contributed by atoms with Crippen LogP contribution in [-0.4, -0.2) is 24.0 Å². The molecule has 0 fully saturated rings. The monoisotopic (exact) mass is 359 g/mol. The zero-order valence-corrected chi connectivity index (χ0v) is 14.5. The van der Waals surface area contributed by atoms with Gasteiger partial charge in [-0.15, -0.1) is 0 Å². The molecule has 0 aliphatic heterocycles. The van der Waals surface area contributed by atoms with Gasteiger partial charge in [-0.3, -0.25) is 15.0 Å². The number of nitrogens with zero attached hydrogens (tertiary/aromatic N) is 1. The van der Waals surface area contributed by atoms with Crippen LogP contribution in [0.15, 0.2) is 60.3 Å².